The second kappa shape index (κ2) is 12.1. The zero-order valence-corrected chi connectivity index (χ0v) is 22.0. The Hall–Kier alpha value is -3.01. The first-order chi connectivity index (χ1) is 16.7. The average molecular weight is 532 g/mol. The van der Waals surface area contributed by atoms with E-state index in [1.165, 1.54) is 25.2 Å². The van der Waals surface area contributed by atoms with Gasteiger partial charge in [0, 0.05) is 35.5 Å². The smallest absolute Gasteiger partial charge is 0.284 e. The van der Waals surface area contributed by atoms with Gasteiger partial charge < -0.3 is 15.0 Å². The highest BCUT2D eigenvalue weighted by Gasteiger charge is 2.19. The predicted molar refractivity (Wildman–Crippen MR) is 140 cm³/mol. The SMILES string of the molecule is COc1ccc(Cl)cc1C(=O)NCCc1ccc(Sc2ccccc2)c(S(=O)(=O)N=CN(C)C)c1. The van der Waals surface area contributed by atoms with Gasteiger partial charge in [-0.2, -0.15) is 8.42 Å². The lowest BCUT2D eigenvalue weighted by atomic mass is 10.1. The van der Waals surface area contributed by atoms with E-state index in [0.29, 0.717) is 34.2 Å². The van der Waals surface area contributed by atoms with E-state index < -0.39 is 10.0 Å². The molecule has 0 unspecified atom stereocenters. The van der Waals surface area contributed by atoms with Gasteiger partial charge in [0.1, 0.15) is 17.0 Å². The Bertz CT molecular complexity index is 1310. The monoisotopic (exact) mass is 531 g/mol. The number of hydrogen-bond donors (Lipinski definition) is 1. The topological polar surface area (TPSA) is 88.1 Å². The molecule has 0 spiro atoms. The quantitative estimate of drug-likeness (QED) is 0.300. The Labute approximate surface area is 215 Å². The Morgan fingerprint density at radius 3 is 2.54 bits per heavy atom. The number of ether oxygens (including phenoxy) is 1. The molecule has 3 aromatic rings. The van der Waals surface area contributed by atoms with E-state index in [2.05, 4.69) is 9.71 Å². The zero-order valence-electron chi connectivity index (χ0n) is 19.6. The first-order valence-corrected chi connectivity index (χ1v) is 13.3. The Balaban J connectivity index is 1.81. The first kappa shape index (κ1) is 26.6. The van der Waals surface area contributed by atoms with Crippen LogP contribution in [0.1, 0.15) is 15.9 Å². The van der Waals surface area contributed by atoms with Crippen molar-refractivity contribution in [1.82, 2.24) is 10.2 Å². The van der Waals surface area contributed by atoms with Gasteiger partial charge in [-0.05, 0) is 54.4 Å². The van der Waals surface area contributed by atoms with Crippen LogP contribution in [0.15, 0.2) is 85.8 Å². The van der Waals surface area contributed by atoms with Gasteiger partial charge in [-0.25, -0.2) is 0 Å². The van der Waals surface area contributed by atoms with Crippen LogP contribution >= 0.6 is 23.4 Å². The van der Waals surface area contributed by atoms with Gasteiger partial charge in [0.2, 0.25) is 0 Å². The number of rotatable bonds is 10. The largest absolute Gasteiger partial charge is 0.496 e. The molecule has 3 aromatic carbocycles. The molecule has 184 valence electrons. The number of methoxy groups -OCH3 is 1. The van der Waals surface area contributed by atoms with Crippen LogP contribution in [-0.2, 0) is 16.4 Å². The Morgan fingerprint density at radius 1 is 1.11 bits per heavy atom. The molecule has 35 heavy (non-hydrogen) atoms. The second-order valence-corrected chi connectivity index (χ2v) is 10.9. The number of sulfonamides is 1. The fourth-order valence-corrected chi connectivity index (χ4v) is 5.60. The van der Waals surface area contributed by atoms with Gasteiger partial charge in [-0.1, -0.05) is 47.6 Å². The number of carbonyl (C=O) groups excluding carboxylic acids is 1. The molecule has 0 radical (unpaired) electrons. The highest BCUT2D eigenvalue weighted by molar-refractivity contribution is 8.00. The molecule has 0 heterocycles. The van der Waals surface area contributed by atoms with Crippen molar-refractivity contribution in [3.8, 4) is 5.75 Å². The third-order valence-corrected chi connectivity index (χ3v) is 7.49. The minimum Gasteiger partial charge on any atom is -0.496 e. The van der Waals surface area contributed by atoms with Gasteiger partial charge in [-0.3, -0.25) is 4.79 Å². The van der Waals surface area contributed by atoms with Crippen LogP contribution in [0.3, 0.4) is 0 Å². The maximum absolute atomic E-state index is 13.0. The van der Waals surface area contributed by atoms with E-state index in [4.69, 9.17) is 16.3 Å². The van der Waals surface area contributed by atoms with E-state index in [-0.39, 0.29) is 10.8 Å². The highest BCUT2D eigenvalue weighted by atomic mass is 35.5. The van der Waals surface area contributed by atoms with Crippen LogP contribution in [0.5, 0.6) is 5.75 Å². The molecular weight excluding hydrogens is 506 g/mol. The van der Waals surface area contributed by atoms with E-state index >= 15 is 0 Å². The summed E-state index contributed by atoms with van der Waals surface area (Å²) in [5, 5.41) is 3.26. The van der Waals surface area contributed by atoms with Crippen molar-refractivity contribution in [3.05, 3.63) is 82.9 Å². The minimum absolute atomic E-state index is 0.116. The van der Waals surface area contributed by atoms with Crippen molar-refractivity contribution in [2.24, 2.45) is 4.40 Å². The fourth-order valence-electron chi connectivity index (χ4n) is 3.10. The third kappa shape index (κ3) is 7.48. The van der Waals surface area contributed by atoms with Crippen molar-refractivity contribution < 1.29 is 17.9 Å². The molecule has 0 aliphatic carbocycles. The fraction of sp³-hybridized carbons (Fsp3) is 0.200. The van der Waals surface area contributed by atoms with Crippen LogP contribution in [0.25, 0.3) is 0 Å². The summed E-state index contributed by atoms with van der Waals surface area (Å²) >= 11 is 7.37. The summed E-state index contributed by atoms with van der Waals surface area (Å²) in [6.07, 6.45) is 1.68. The van der Waals surface area contributed by atoms with Gasteiger partial charge in [0.15, 0.2) is 0 Å². The van der Waals surface area contributed by atoms with E-state index in [1.807, 2.05) is 36.4 Å². The third-order valence-electron chi connectivity index (χ3n) is 4.78. The normalized spacial score (nSPS) is 11.4. The summed E-state index contributed by atoms with van der Waals surface area (Å²) in [7, 11) is 0.946. The van der Waals surface area contributed by atoms with Gasteiger partial charge in [-0.15, -0.1) is 4.40 Å². The van der Waals surface area contributed by atoms with Crippen molar-refractivity contribution in [2.45, 2.75) is 21.1 Å². The van der Waals surface area contributed by atoms with Crippen LogP contribution in [-0.4, -0.2) is 53.3 Å². The summed E-state index contributed by atoms with van der Waals surface area (Å²) in [4.78, 5) is 15.8. The maximum atomic E-state index is 13.0. The molecule has 0 bridgehead atoms. The summed E-state index contributed by atoms with van der Waals surface area (Å²) in [6.45, 7) is 0.292. The van der Waals surface area contributed by atoms with Crippen LogP contribution < -0.4 is 10.1 Å². The average Bonchev–Trinajstić information content (AvgIpc) is 2.84. The highest BCUT2D eigenvalue weighted by Crippen LogP contribution is 2.34. The molecule has 0 aliphatic rings. The van der Waals surface area contributed by atoms with E-state index in [1.54, 1.807) is 49.3 Å². The molecule has 10 heteroatoms. The molecule has 0 saturated heterocycles. The summed E-state index contributed by atoms with van der Waals surface area (Å²) in [6, 6.07) is 19.6. The number of nitrogens with zero attached hydrogens (tertiary/aromatic N) is 2. The summed E-state index contributed by atoms with van der Waals surface area (Å²) in [5.74, 6) is 0.0883. The molecule has 0 aliphatic heterocycles. The standard InChI is InChI=1S/C25H26ClN3O4S2/c1-29(2)17-28-35(31,32)24-15-18(9-12-23(24)34-20-7-5-4-6-8-20)13-14-27-25(30)21-16-19(26)10-11-22(21)33-3/h4-12,15-17H,13-14H2,1-3H3,(H,27,30). The lowest BCUT2D eigenvalue weighted by Gasteiger charge is -2.12. The number of nitrogens with one attached hydrogen (secondary N) is 1. The van der Waals surface area contributed by atoms with E-state index in [9.17, 15) is 13.2 Å². The molecule has 0 aromatic heterocycles. The van der Waals surface area contributed by atoms with Crippen LogP contribution in [0.2, 0.25) is 5.02 Å². The molecule has 0 atom stereocenters. The second-order valence-electron chi connectivity index (χ2n) is 7.71. The lowest BCUT2D eigenvalue weighted by Crippen LogP contribution is -2.26. The van der Waals surface area contributed by atoms with Crippen LogP contribution in [0.4, 0.5) is 0 Å². The van der Waals surface area contributed by atoms with Gasteiger partial charge >= 0.3 is 0 Å². The Morgan fingerprint density at radius 2 is 1.86 bits per heavy atom. The molecule has 0 saturated carbocycles. The molecule has 0 fully saturated rings. The Kier molecular flexibility index (Phi) is 9.20. The van der Waals surface area contributed by atoms with E-state index in [0.717, 1.165) is 10.5 Å². The number of halogens is 1. The lowest BCUT2D eigenvalue weighted by molar-refractivity contribution is 0.0951. The molecule has 7 nitrogen and oxygen atoms in total. The number of amides is 1. The molecule has 1 N–H and O–H groups in total. The number of hydrogen-bond acceptors (Lipinski definition) is 5. The molecule has 3 rings (SSSR count). The predicted octanol–water partition coefficient (Wildman–Crippen LogP) is 4.75. The molecule has 1 amide bonds. The molecular formula is C25H26ClN3O4S2. The van der Waals surface area contributed by atoms with Crippen molar-refractivity contribution in [3.63, 3.8) is 0 Å². The minimum atomic E-state index is -3.94. The van der Waals surface area contributed by atoms with Crippen molar-refractivity contribution >= 4 is 45.6 Å². The summed E-state index contributed by atoms with van der Waals surface area (Å²) in [5.41, 5.74) is 1.08. The van der Waals surface area contributed by atoms with Crippen molar-refractivity contribution in [2.75, 3.05) is 27.7 Å². The number of benzene rings is 3. The van der Waals surface area contributed by atoms with Gasteiger partial charge in [0.05, 0.1) is 12.7 Å². The summed E-state index contributed by atoms with van der Waals surface area (Å²) < 4.78 is 35.1. The first-order valence-electron chi connectivity index (χ1n) is 10.6. The zero-order chi connectivity index (χ0) is 25.4. The number of carbonyl (C=O) groups is 1. The maximum Gasteiger partial charge on any atom is 0.284 e. The van der Waals surface area contributed by atoms with Crippen LogP contribution in [0, 0.1) is 0 Å². The van der Waals surface area contributed by atoms with Gasteiger partial charge in [0.25, 0.3) is 15.9 Å². The van der Waals surface area contributed by atoms with Crippen molar-refractivity contribution in [1.29, 1.82) is 0 Å².